The fourth-order valence-corrected chi connectivity index (χ4v) is 2.75. The van der Waals surface area contributed by atoms with Crippen molar-refractivity contribution in [1.29, 1.82) is 0 Å². The molecule has 1 heterocycles. The number of hydrogen-bond donors (Lipinski definition) is 1. The molecule has 27 heavy (non-hydrogen) atoms. The summed E-state index contributed by atoms with van der Waals surface area (Å²) in [6, 6.07) is 13.9. The Morgan fingerprint density at radius 3 is 2.33 bits per heavy atom. The van der Waals surface area contributed by atoms with Crippen LogP contribution in [0, 0.1) is 13.8 Å². The third-order valence-electron chi connectivity index (χ3n) is 4.63. The van der Waals surface area contributed by atoms with Gasteiger partial charge in [0.05, 0.1) is 6.42 Å². The Hall–Kier alpha value is -2.95. The standard InChI is InChI=1S/C22H25N3O2/c1-14-6-7-16(12-15(14)2)13-19-24-25-21(27-19)23-20(26)17-8-10-18(11-9-17)22(3,4)5/h6-12H,13H2,1-5H3,(H,23,25,26). The number of benzene rings is 2. The fraction of sp³-hybridized carbons (Fsp3) is 0.318. The number of anilines is 1. The van der Waals surface area contributed by atoms with Crippen molar-refractivity contribution in [1.82, 2.24) is 10.2 Å². The molecule has 0 saturated heterocycles. The first kappa shape index (κ1) is 18.8. The Balaban J connectivity index is 1.66. The minimum atomic E-state index is -0.267. The van der Waals surface area contributed by atoms with Gasteiger partial charge in [0.15, 0.2) is 0 Å². The van der Waals surface area contributed by atoms with E-state index in [4.69, 9.17) is 4.42 Å². The van der Waals surface area contributed by atoms with Crippen LogP contribution in [0.4, 0.5) is 6.01 Å². The molecule has 0 atom stereocenters. The molecule has 3 rings (SSSR count). The van der Waals surface area contributed by atoms with Crippen molar-refractivity contribution in [2.24, 2.45) is 0 Å². The van der Waals surface area contributed by atoms with E-state index in [0.29, 0.717) is 17.9 Å². The van der Waals surface area contributed by atoms with Crippen molar-refractivity contribution < 1.29 is 9.21 Å². The van der Waals surface area contributed by atoms with Gasteiger partial charge in [0.25, 0.3) is 5.91 Å². The number of carbonyl (C=O) groups is 1. The second-order valence-corrected chi connectivity index (χ2v) is 7.88. The molecule has 140 valence electrons. The molecule has 0 aliphatic heterocycles. The van der Waals surface area contributed by atoms with Crippen LogP contribution in [0.25, 0.3) is 0 Å². The van der Waals surface area contributed by atoms with E-state index in [0.717, 1.165) is 5.56 Å². The summed E-state index contributed by atoms with van der Waals surface area (Å²) in [6.45, 7) is 10.6. The monoisotopic (exact) mass is 363 g/mol. The van der Waals surface area contributed by atoms with E-state index in [1.807, 2.05) is 30.3 Å². The molecule has 0 radical (unpaired) electrons. The number of nitrogens with one attached hydrogen (secondary N) is 1. The summed E-state index contributed by atoms with van der Waals surface area (Å²) in [5.41, 5.74) is 5.33. The van der Waals surface area contributed by atoms with Crippen molar-refractivity contribution in [3.63, 3.8) is 0 Å². The van der Waals surface area contributed by atoms with Crippen LogP contribution in [0.5, 0.6) is 0 Å². The minimum absolute atomic E-state index is 0.0464. The molecule has 1 N–H and O–H groups in total. The van der Waals surface area contributed by atoms with Crippen molar-refractivity contribution in [2.75, 3.05) is 5.32 Å². The van der Waals surface area contributed by atoms with Gasteiger partial charge in [-0.1, -0.05) is 56.2 Å². The molecule has 1 amide bonds. The zero-order valence-corrected chi connectivity index (χ0v) is 16.5. The topological polar surface area (TPSA) is 68.0 Å². The minimum Gasteiger partial charge on any atom is -0.407 e. The average molecular weight is 363 g/mol. The van der Waals surface area contributed by atoms with Gasteiger partial charge in [0.2, 0.25) is 5.89 Å². The number of amides is 1. The second kappa shape index (κ2) is 7.35. The van der Waals surface area contributed by atoms with E-state index in [1.165, 1.54) is 16.7 Å². The van der Waals surface area contributed by atoms with E-state index in [2.05, 4.69) is 62.3 Å². The first-order chi connectivity index (χ1) is 12.7. The molecule has 5 nitrogen and oxygen atoms in total. The lowest BCUT2D eigenvalue weighted by molar-refractivity contribution is 0.102. The lowest BCUT2D eigenvalue weighted by atomic mass is 9.87. The highest BCUT2D eigenvalue weighted by molar-refractivity contribution is 6.03. The molecule has 0 bridgehead atoms. The zero-order chi connectivity index (χ0) is 19.6. The molecule has 0 saturated carbocycles. The lowest BCUT2D eigenvalue weighted by Crippen LogP contribution is -2.14. The van der Waals surface area contributed by atoms with Crippen molar-refractivity contribution >= 4 is 11.9 Å². The molecule has 1 aromatic heterocycles. The Kier molecular flexibility index (Phi) is 5.13. The van der Waals surface area contributed by atoms with Gasteiger partial charge in [-0.3, -0.25) is 10.1 Å². The summed E-state index contributed by atoms with van der Waals surface area (Å²) in [4.78, 5) is 12.4. The van der Waals surface area contributed by atoms with Gasteiger partial charge in [0.1, 0.15) is 0 Å². The zero-order valence-electron chi connectivity index (χ0n) is 16.5. The highest BCUT2D eigenvalue weighted by Crippen LogP contribution is 2.22. The predicted octanol–water partition coefficient (Wildman–Crippen LogP) is 4.83. The van der Waals surface area contributed by atoms with E-state index in [1.54, 1.807) is 0 Å². The molecule has 2 aromatic carbocycles. The van der Waals surface area contributed by atoms with E-state index in [9.17, 15) is 4.79 Å². The summed E-state index contributed by atoms with van der Waals surface area (Å²) in [5.74, 6) is 0.202. The lowest BCUT2D eigenvalue weighted by Gasteiger charge is -2.18. The predicted molar refractivity (Wildman–Crippen MR) is 106 cm³/mol. The van der Waals surface area contributed by atoms with Crippen LogP contribution >= 0.6 is 0 Å². The maximum atomic E-state index is 12.4. The van der Waals surface area contributed by atoms with Gasteiger partial charge < -0.3 is 4.42 Å². The molecule has 0 unspecified atom stereocenters. The molecule has 3 aromatic rings. The number of rotatable bonds is 4. The quantitative estimate of drug-likeness (QED) is 0.721. The van der Waals surface area contributed by atoms with Crippen LogP contribution in [0.2, 0.25) is 0 Å². The first-order valence-electron chi connectivity index (χ1n) is 9.03. The van der Waals surface area contributed by atoms with Crippen LogP contribution < -0.4 is 5.32 Å². The Bertz CT molecular complexity index is 950. The number of carbonyl (C=O) groups excluding carboxylic acids is 1. The van der Waals surface area contributed by atoms with Gasteiger partial charge in [0, 0.05) is 5.56 Å². The Labute approximate surface area is 159 Å². The SMILES string of the molecule is Cc1ccc(Cc2nnc(NC(=O)c3ccc(C(C)(C)C)cc3)o2)cc1C. The number of aryl methyl sites for hydroxylation is 2. The molecule has 0 aliphatic carbocycles. The highest BCUT2D eigenvalue weighted by Gasteiger charge is 2.16. The third kappa shape index (κ3) is 4.61. The molecular formula is C22H25N3O2. The average Bonchev–Trinajstić information content (AvgIpc) is 3.04. The van der Waals surface area contributed by atoms with Gasteiger partial charge in [-0.05, 0) is 53.6 Å². The van der Waals surface area contributed by atoms with Crippen LogP contribution in [0.1, 0.15) is 59.3 Å². The summed E-state index contributed by atoms with van der Waals surface area (Å²) in [5, 5.41) is 10.6. The molecule has 0 spiro atoms. The summed E-state index contributed by atoms with van der Waals surface area (Å²) in [6.07, 6.45) is 0.532. The fourth-order valence-electron chi connectivity index (χ4n) is 2.75. The van der Waals surface area contributed by atoms with Crippen molar-refractivity contribution in [3.8, 4) is 0 Å². The number of aromatic nitrogens is 2. The largest absolute Gasteiger partial charge is 0.407 e. The molecule has 5 heteroatoms. The Morgan fingerprint density at radius 1 is 1.00 bits per heavy atom. The van der Waals surface area contributed by atoms with Crippen LogP contribution in [0.15, 0.2) is 46.9 Å². The normalized spacial score (nSPS) is 11.4. The maximum Gasteiger partial charge on any atom is 0.322 e. The van der Waals surface area contributed by atoms with Crippen molar-refractivity contribution in [3.05, 3.63) is 76.2 Å². The maximum absolute atomic E-state index is 12.4. The van der Waals surface area contributed by atoms with Gasteiger partial charge in [-0.15, -0.1) is 5.10 Å². The molecule has 0 aliphatic rings. The van der Waals surface area contributed by atoms with Crippen LogP contribution in [-0.2, 0) is 11.8 Å². The summed E-state index contributed by atoms with van der Waals surface area (Å²) >= 11 is 0. The van der Waals surface area contributed by atoms with E-state index < -0.39 is 0 Å². The van der Waals surface area contributed by atoms with Crippen molar-refractivity contribution in [2.45, 2.75) is 46.5 Å². The van der Waals surface area contributed by atoms with E-state index >= 15 is 0 Å². The smallest absolute Gasteiger partial charge is 0.322 e. The molecule has 0 fully saturated rings. The van der Waals surface area contributed by atoms with E-state index in [-0.39, 0.29) is 17.3 Å². The number of nitrogens with zero attached hydrogens (tertiary/aromatic N) is 2. The van der Waals surface area contributed by atoms with Gasteiger partial charge in [-0.25, -0.2) is 0 Å². The first-order valence-corrected chi connectivity index (χ1v) is 9.03. The highest BCUT2D eigenvalue weighted by atomic mass is 16.4. The summed E-state index contributed by atoms with van der Waals surface area (Å²) < 4.78 is 5.57. The number of hydrogen-bond acceptors (Lipinski definition) is 4. The second-order valence-electron chi connectivity index (χ2n) is 7.88. The third-order valence-corrected chi connectivity index (χ3v) is 4.63. The van der Waals surface area contributed by atoms with Gasteiger partial charge in [-0.2, -0.15) is 0 Å². The molecular weight excluding hydrogens is 338 g/mol. The van der Waals surface area contributed by atoms with Crippen LogP contribution in [-0.4, -0.2) is 16.1 Å². The summed E-state index contributed by atoms with van der Waals surface area (Å²) in [7, 11) is 0. The van der Waals surface area contributed by atoms with Crippen LogP contribution in [0.3, 0.4) is 0 Å². The van der Waals surface area contributed by atoms with Gasteiger partial charge >= 0.3 is 6.01 Å². The Morgan fingerprint density at radius 2 is 1.70 bits per heavy atom.